The lowest BCUT2D eigenvalue weighted by atomic mass is 10.2. The van der Waals surface area contributed by atoms with E-state index in [-0.39, 0.29) is 0 Å². The molecule has 0 aliphatic carbocycles. The van der Waals surface area contributed by atoms with Crippen molar-refractivity contribution in [3.05, 3.63) is 36.0 Å². The molecule has 1 aromatic carbocycles. The first-order valence-electron chi connectivity index (χ1n) is 3.80. The summed E-state index contributed by atoms with van der Waals surface area (Å²) in [6.45, 7) is 2.01. The van der Waals surface area contributed by atoms with Crippen LogP contribution in [-0.4, -0.2) is 4.57 Å². The number of nitriles is 1. The summed E-state index contributed by atoms with van der Waals surface area (Å²) in [6.07, 6.45) is 3.90. The van der Waals surface area contributed by atoms with Gasteiger partial charge in [-0.3, -0.25) is 4.57 Å². The molecule has 1 aromatic heterocycles. The third kappa shape index (κ3) is 0.802. The molecule has 2 heteroatoms. The van der Waals surface area contributed by atoms with Gasteiger partial charge in [0.15, 0.2) is 6.19 Å². The van der Waals surface area contributed by atoms with Crippen LogP contribution in [0.25, 0.3) is 10.9 Å². The molecule has 2 nitrogen and oxygen atoms in total. The maximum absolute atomic E-state index is 8.76. The van der Waals surface area contributed by atoms with Crippen LogP contribution in [0, 0.1) is 18.4 Å². The van der Waals surface area contributed by atoms with Crippen molar-refractivity contribution >= 4 is 10.9 Å². The summed E-state index contributed by atoms with van der Waals surface area (Å²) in [4.78, 5) is 0. The van der Waals surface area contributed by atoms with Gasteiger partial charge in [-0.1, -0.05) is 18.2 Å². The van der Waals surface area contributed by atoms with Crippen LogP contribution < -0.4 is 0 Å². The van der Waals surface area contributed by atoms with Crippen molar-refractivity contribution in [1.82, 2.24) is 4.57 Å². The van der Waals surface area contributed by atoms with Crippen LogP contribution in [0.1, 0.15) is 5.56 Å². The Hall–Kier alpha value is -1.75. The third-order valence-electron chi connectivity index (χ3n) is 2.02. The van der Waals surface area contributed by atoms with E-state index in [9.17, 15) is 0 Å². The maximum Gasteiger partial charge on any atom is 0.188 e. The minimum Gasteiger partial charge on any atom is -0.254 e. The first-order chi connectivity index (χ1) is 5.83. The average Bonchev–Trinajstić information content (AvgIpc) is 2.49. The fourth-order valence-corrected chi connectivity index (χ4v) is 1.46. The molecule has 0 saturated carbocycles. The van der Waals surface area contributed by atoms with Crippen LogP contribution in [0.15, 0.2) is 30.5 Å². The second-order valence-electron chi connectivity index (χ2n) is 2.80. The Morgan fingerprint density at radius 3 is 2.92 bits per heavy atom. The van der Waals surface area contributed by atoms with Gasteiger partial charge in [-0.2, -0.15) is 5.26 Å². The fraction of sp³-hybridized carbons (Fsp3) is 0.100. The molecule has 0 bridgehead atoms. The van der Waals surface area contributed by atoms with Crippen molar-refractivity contribution in [1.29, 1.82) is 5.26 Å². The highest BCUT2D eigenvalue weighted by atomic mass is 14.9. The molecular weight excluding hydrogens is 148 g/mol. The lowest BCUT2D eigenvalue weighted by Crippen LogP contribution is -1.86. The largest absolute Gasteiger partial charge is 0.254 e. The molecular formula is C10H8N2. The summed E-state index contributed by atoms with van der Waals surface area (Å²) in [6, 6.07) is 7.97. The summed E-state index contributed by atoms with van der Waals surface area (Å²) in [5, 5.41) is 9.88. The topological polar surface area (TPSA) is 28.7 Å². The van der Waals surface area contributed by atoms with E-state index in [1.165, 1.54) is 0 Å². The second kappa shape index (κ2) is 2.38. The molecule has 58 valence electrons. The molecule has 0 amide bonds. The van der Waals surface area contributed by atoms with E-state index >= 15 is 0 Å². The van der Waals surface area contributed by atoms with Gasteiger partial charge < -0.3 is 0 Å². The van der Waals surface area contributed by atoms with E-state index in [0.29, 0.717) is 0 Å². The van der Waals surface area contributed by atoms with Gasteiger partial charge in [0, 0.05) is 11.6 Å². The third-order valence-corrected chi connectivity index (χ3v) is 2.02. The summed E-state index contributed by atoms with van der Waals surface area (Å²) < 4.78 is 1.59. The van der Waals surface area contributed by atoms with Crippen LogP contribution >= 0.6 is 0 Å². The van der Waals surface area contributed by atoms with Crippen molar-refractivity contribution in [2.24, 2.45) is 0 Å². The molecule has 0 radical (unpaired) electrons. The van der Waals surface area contributed by atoms with Gasteiger partial charge in [0.25, 0.3) is 0 Å². The minimum atomic E-state index is 1.01. The number of nitrogens with zero attached hydrogens (tertiary/aromatic N) is 2. The summed E-state index contributed by atoms with van der Waals surface area (Å²) in [7, 11) is 0. The average molecular weight is 156 g/mol. The number of aryl methyl sites for hydroxylation is 1. The highest BCUT2D eigenvalue weighted by Gasteiger charge is 2.01. The van der Waals surface area contributed by atoms with Crippen molar-refractivity contribution in [3.63, 3.8) is 0 Å². The van der Waals surface area contributed by atoms with Crippen molar-refractivity contribution < 1.29 is 0 Å². The van der Waals surface area contributed by atoms with E-state index in [1.807, 2.05) is 31.2 Å². The van der Waals surface area contributed by atoms with E-state index in [4.69, 9.17) is 5.26 Å². The monoisotopic (exact) mass is 156 g/mol. The van der Waals surface area contributed by atoms with Gasteiger partial charge >= 0.3 is 0 Å². The molecule has 0 fully saturated rings. The van der Waals surface area contributed by atoms with Crippen LogP contribution in [0.4, 0.5) is 0 Å². The van der Waals surface area contributed by atoms with Gasteiger partial charge in [0.05, 0.1) is 5.52 Å². The van der Waals surface area contributed by atoms with E-state index < -0.39 is 0 Å². The predicted octanol–water partition coefficient (Wildman–Crippen LogP) is 2.28. The van der Waals surface area contributed by atoms with E-state index in [0.717, 1.165) is 16.5 Å². The zero-order valence-electron chi connectivity index (χ0n) is 6.78. The highest BCUT2D eigenvalue weighted by Crippen LogP contribution is 2.18. The van der Waals surface area contributed by atoms with E-state index in [1.54, 1.807) is 10.8 Å². The van der Waals surface area contributed by atoms with Crippen molar-refractivity contribution in [2.75, 3.05) is 0 Å². The standard InChI is InChI=1S/C10H8N2/c1-8-3-2-4-9-5-6-12(7-11)10(8)9/h2-6H,1H3. The first kappa shape index (κ1) is 6.93. The summed E-state index contributed by atoms with van der Waals surface area (Å²) in [5.41, 5.74) is 2.15. The molecule has 0 aliphatic heterocycles. The molecule has 2 rings (SSSR count). The summed E-state index contributed by atoms with van der Waals surface area (Å²) >= 11 is 0. The van der Waals surface area contributed by atoms with Crippen LogP contribution in [-0.2, 0) is 0 Å². The molecule has 0 aliphatic rings. The van der Waals surface area contributed by atoms with Gasteiger partial charge in [0.1, 0.15) is 0 Å². The van der Waals surface area contributed by atoms with Crippen molar-refractivity contribution in [2.45, 2.75) is 6.92 Å². The minimum absolute atomic E-state index is 1.01. The SMILES string of the molecule is Cc1cccc2ccn(C#N)c12. The Balaban J connectivity index is 2.95. The second-order valence-corrected chi connectivity index (χ2v) is 2.80. The number of benzene rings is 1. The number of para-hydroxylation sites is 1. The van der Waals surface area contributed by atoms with Crippen molar-refractivity contribution in [3.8, 4) is 6.19 Å². The quantitative estimate of drug-likeness (QED) is 0.575. The molecule has 0 spiro atoms. The smallest absolute Gasteiger partial charge is 0.188 e. The Labute approximate surface area is 70.7 Å². The molecule has 0 N–H and O–H groups in total. The maximum atomic E-state index is 8.76. The Morgan fingerprint density at radius 1 is 1.33 bits per heavy atom. The number of hydrogen-bond acceptors (Lipinski definition) is 1. The van der Waals surface area contributed by atoms with Crippen LogP contribution in [0.3, 0.4) is 0 Å². The zero-order chi connectivity index (χ0) is 8.55. The molecule has 0 unspecified atom stereocenters. The van der Waals surface area contributed by atoms with Gasteiger partial charge in [-0.05, 0) is 18.6 Å². The number of fused-ring (bicyclic) bond motifs is 1. The predicted molar refractivity (Wildman–Crippen MR) is 47.7 cm³/mol. The Kier molecular flexibility index (Phi) is 1.38. The Bertz CT molecular complexity index is 460. The molecule has 12 heavy (non-hydrogen) atoms. The van der Waals surface area contributed by atoms with Crippen LogP contribution in [0.2, 0.25) is 0 Å². The summed E-state index contributed by atoms with van der Waals surface area (Å²) in [5.74, 6) is 0. The van der Waals surface area contributed by atoms with Gasteiger partial charge in [0.2, 0.25) is 0 Å². The Morgan fingerprint density at radius 2 is 2.17 bits per heavy atom. The van der Waals surface area contributed by atoms with Crippen LogP contribution in [0.5, 0.6) is 0 Å². The highest BCUT2D eigenvalue weighted by molar-refractivity contribution is 5.83. The fourth-order valence-electron chi connectivity index (χ4n) is 1.46. The van der Waals surface area contributed by atoms with Gasteiger partial charge in [-0.25, -0.2) is 0 Å². The van der Waals surface area contributed by atoms with E-state index in [2.05, 4.69) is 6.19 Å². The number of aromatic nitrogens is 1. The molecule has 0 atom stereocenters. The zero-order valence-corrected chi connectivity index (χ0v) is 6.78. The number of hydrogen-bond donors (Lipinski definition) is 0. The first-order valence-corrected chi connectivity index (χ1v) is 3.80. The molecule has 1 heterocycles. The molecule has 2 aromatic rings. The van der Waals surface area contributed by atoms with Gasteiger partial charge in [-0.15, -0.1) is 0 Å². The lowest BCUT2D eigenvalue weighted by molar-refractivity contribution is 1.14. The normalized spacial score (nSPS) is 10.0. The molecule has 0 saturated heterocycles. The number of rotatable bonds is 0. The lowest BCUT2D eigenvalue weighted by Gasteiger charge is -1.96.